The maximum absolute atomic E-state index is 12.9. The topological polar surface area (TPSA) is 88.4 Å². The van der Waals surface area contributed by atoms with Crippen molar-refractivity contribution in [2.45, 2.75) is 6.42 Å². The number of nitro groups is 1. The lowest BCUT2D eigenvalue weighted by Gasteiger charge is -2.18. The number of hydrogen-bond acceptors (Lipinski definition) is 5. The van der Waals surface area contributed by atoms with Gasteiger partial charge in [-0.05, 0) is 36.8 Å². The molecule has 0 spiro atoms. The van der Waals surface area contributed by atoms with Crippen molar-refractivity contribution in [3.8, 4) is 0 Å². The number of nitrogens with one attached hydrogen (secondary N) is 1. The number of amides is 1. The van der Waals surface area contributed by atoms with E-state index in [-0.39, 0.29) is 11.6 Å². The number of benzene rings is 2. The van der Waals surface area contributed by atoms with Crippen LogP contribution in [-0.4, -0.2) is 22.4 Å². The van der Waals surface area contributed by atoms with Crippen LogP contribution in [0.2, 0.25) is 0 Å². The van der Waals surface area contributed by atoms with Gasteiger partial charge in [0.25, 0.3) is 11.6 Å². The second-order valence-electron chi connectivity index (χ2n) is 6.18. The number of hydrogen-bond donors (Lipinski definition) is 1. The van der Waals surface area contributed by atoms with E-state index < -0.39 is 4.92 Å². The summed E-state index contributed by atoms with van der Waals surface area (Å²) in [7, 11) is 0. The molecular formula is C20H16N4O3. The molecule has 0 unspecified atom stereocenters. The summed E-state index contributed by atoms with van der Waals surface area (Å²) in [5, 5.41) is 14.3. The highest BCUT2D eigenvalue weighted by Gasteiger charge is 2.28. The molecule has 27 heavy (non-hydrogen) atoms. The second kappa shape index (κ2) is 6.87. The van der Waals surface area contributed by atoms with Crippen LogP contribution in [0.15, 0.2) is 67.0 Å². The predicted octanol–water partition coefficient (Wildman–Crippen LogP) is 3.94. The molecule has 0 saturated heterocycles. The van der Waals surface area contributed by atoms with Crippen molar-refractivity contribution in [2.75, 3.05) is 16.8 Å². The quantitative estimate of drug-likeness (QED) is 0.562. The number of carbonyl (C=O) groups excluding carboxylic acids is 1. The van der Waals surface area contributed by atoms with Gasteiger partial charge >= 0.3 is 0 Å². The number of nitrogens with zero attached hydrogens (tertiary/aromatic N) is 3. The number of fused-ring (bicyclic) bond motifs is 1. The van der Waals surface area contributed by atoms with E-state index in [0.29, 0.717) is 18.5 Å². The van der Waals surface area contributed by atoms with E-state index in [1.54, 1.807) is 23.4 Å². The van der Waals surface area contributed by atoms with Gasteiger partial charge in [0.2, 0.25) is 0 Å². The van der Waals surface area contributed by atoms with E-state index in [0.717, 1.165) is 22.6 Å². The van der Waals surface area contributed by atoms with Gasteiger partial charge in [-0.1, -0.05) is 12.1 Å². The van der Waals surface area contributed by atoms with E-state index in [2.05, 4.69) is 10.3 Å². The van der Waals surface area contributed by atoms with Gasteiger partial charge in [0, 0.05) is 59.3 Å². The zero-order valence-corrected chi connectivity index (χ0v) is 14.3. The first kappa shape index (κ1) is 16.7. The molecule has 7 nitrogen and oxygen atoms in total. The highest BCUT2D eigenvalue weighted by Crippen LogP contribution is 2.36. The summed E-state index contributed by atoms with van der Waals surface area (Å²) in [6.07, 6.45) is 4.14. The van der Waals surface area contributed by atoms with Gasteiger partial charge in [0.05, 0.1) is 4.92 Å². The molecule has 1 amide bonds. The Balaban J connectivity index is 1.64. The van der Waals surface area contributed by atoms with Crippen LogP contribution in [0.4, 0.5) is 22.7 Å². The Hall–Kier alpha value is -3.74. The van der Waals surface area contributed by atoms with Gasteiger partial charge in [-0.2, -0.15) is 0 Å². The van der Waals surface area contributed by atoms with Crippen molar-refractivity contribution in [3.05, 3.63) is 88.2 Å². The van der Waals surface area contributed by atoms with Crippen LogP contribution in [0.3, 0.4) is 0 Å². The number of non-ortho nitro benzene ring substituents is 1. The van der Waals surface area contributed by atoms with E-state index in [1.807, 2.05) is 30.3 Å². The monoisotopic (exact) mass is 360 g/mol. The van der Waals surface area contributed by atoms with Gasteiger partial charge in [-0.25, -0.2) is 0 Å². The smallest absolute Gasteiger partial charge is 0.270 e. The lowest BCUT2D eigenvalue weighted by molar-refractivity contribution is -0.384. The SMILES string of the molecule is O=C(c1cccc([N+](=O)[O-])c1)N1CCc2c(Nc3ccncc3)cccc21. The molecule has 0 saturated carbocycles. The molecule has 1 N–H and O–H groups in total. The minimum absolute atomic E-state index is 0.0895. The maximum Gasteiger partial charge on any atom is 0.270 e. The number of aromatic nitrogens is 1. The third-order valence-corrected chi connectivity index (χ3v) is 4.54. The predicted molar refractivity (Wildman–Crippen MR) is 102 cm³/mol. The third kappa shape index (κ3) is 3.22. The Kier molecular flexibility index (Phi) is 4.25. The Morgan fingerprint density at radius 1 is 1.11 bits per heavy atom. The largest absolute Gasteiger partial charge is 0.355 e. The first-order valence-electron chi connectivity index (χ1n) is 8.49. The average molecular weight is 360 g/mol. The van der Waals surface area contributed by atoms with Gasteiger partial charge in [-0.3, -0.25) is 19.9 Å². The maximum atomic E-state index is 12.9. The highest BCUT2D eigenvalue weighted by molar-refractivity contribution is 6.08. The molecule has 1 aromatic heterocycles. The van der Waals surface area contributed by atoms with Crippen LogP contribution >= 0.6 is 0 Å². The summed E-state index contributed by atoms with van der Waals surface area (Å²) in [5.74, 6) is -0.237. The molecule has 134 valence electrons. The zero-order chi connectivity index (χ0) is 18.8. The molecule has 1 aliphatic rings. The average Bonchev–Trinajstić information content (AvgIpc) is 3.13. The van der Waals surface area contributed by atoms with Crippen molar-refractivity contribution >= 4 is 28.7 Å². The highest BCUT2D eigenvalue weighted by atomic mass is 16.6. The number of pyridine rings is 1. The first-order valence-corrected chi connectivity index (χ1v) is 8.49. The van der Waals surface area contributed by atoms with Crippen LogP contribution in [0, 0.1) is 10.1 Å². The molecule has 7 heteroatoms. The van der Waals surface area contributed by atoms with E-state index in [9.17, 15) is 14.9 Å². The normalized spacial score (nSPS) is 12.5. The van der Waals surface area contributed by atoms with Crippen molar-refractivity contribution in [1.29, 1.82) is 0 Å². The summed E-state index contributed by atoms with van der Waals surface area (Å²) in [6, 6.07) is 15.3. The van der Waals surface area contributed by atoms with E-state index >= 15 is 0 Å². The minimum Gasteiger partial charge on any atom is -0.355 e. The lowest BCUT2D eigenvalue weighted by Crippen LogP contribution is -2.28. The van der Waals surface area contributed by atoms with E-state index in [4.69, 9.17) is 0 Å². The van der Waals surface area contributed by atoms with Crippen LogP contribution < -0.4 is 10.2 Å². The first-order chi connectivity index (χ1) is 13.1. The van der Waals surface area contributed by atoms with Crippen LogP contribution in [0.1, 0.15) is 15.9 Å². The molecular weight excluding hydrogens is 344 g/mol. The van der Waals surface area contributed by atoms with Gasteiger partial charge in [0.15, 0.2) is 0 Å². The Labute approximate surface area is 155 Å². The fourth-order valence-corrected chi connectivity index (χ4v) is 3.26. The van der Waals surface area contributed by atoms with E-state index in [1.165, 1.54) is 18.2 Å². The molecule has 4 rings (SSSR count). The third-order valence-electron chi connectivity index (χ3n) is 4.54. The Morgan fingerprint density at radius 2 is 1.89 bits per heavy atom. The molecule has 0 radical (unpaired) electrons. The standard InChI is InChI=1S/C20H16N4O3/c25-20(14-3-1-4-16(13-14)24(26)27)23-12-9-17-18(5-2-6-19(17)23)22-15-7-10-21-11-8-15/h1-8,10-11,13H,9,12H2,(H,21,22). The van der Waals surface area contributed by atoms with Crippen molar-refractivity contribution in [2.24, 2.45) is 0 Å². The number of carbonyl (C=O) groups is 1. The molecule has 3 aromatic rings. The van der Waals surface area contributed by atoms with Crippen molar-refractivity contribution < 1.29 is 9.72 Å². The zero-order valence-electron chi connectivity index (χ0n) is 14.3. The minimum atomic E-state index is -0.495. The van der Waals surface area contributed by atoms with Gasteiger partial charge in [-0.15, -0.1) is 0 Å². The molecule has 2 heterocycles. The fraction of sp³-hybridized carbons (Fsp3) is 0.100. The summed E-state index contributed by atoms with van der Waals surface area (Å²) < 4.78 is 0. The molecule has 0 bridgehead atoms. The van der Waals surface area contributed by atoms with Gasteiger partial charge < -0.3 is 10.2 Å². The fourth-order valence-electron chi connectivity index (χ4n) is 3.26. The number of nitro benzene ring substituents is 1. The molecule has 0 atom stereocenters. The van der Waals surface area contributed by atoms with Crippen molar-refractivity contribution in [3.63, 3.8) is 0 Å². The lowest BCUT2D eigenvalue weighted by atomic mass is 10.1. The van der Waals surface area contributed by atoms with Crippen LogP contribution in [-0.2, 0) is 6.42 Å². The van der Waals surface area contributed by atoms with Crippen molar-refractivity contribution in [1.82, 2.24) is 4.98 Å². The summed E-state index contributed by atoms with van der Waals surface area (Å²) in [5.41, 5.74) is 3.95. The van der Waals surface area contributed by atoms with Crippen LogP contribution in [0.25, 0.3) is 0 Å². The summed E-state index contributed by atoms with van der Waals surface area (Å²) in [6.45, 7) is 0.534. The number of rotatable bonds is 4. The summed E-state index contributed by atoms with van der Waals surface area (Å²) in [4.78, 5) is 29.1. The molecule has 2 aromatic carbocycles. The number of anilines is 3. The molecule has 0 aliphatic carbocycles. The van der Waals surface area contributed by atoms with Gasteiger partial charge in [0.1, 0.15) is 0 Å². The second-order valence-corrected chi connectivity index (χ2v) is 6.18. The molecule has 0 fully saturated rings. The van der Waals surface area contributed by atoms with Crippen LogP contribution in [0.5, 0.6) is 0 Å². The Morgan fingerprint density at radius 3 is 2.67 bits per heavy atom. The molecule has 1 aliphatic heterocycles. The Bertz CT molecular complexity index is 1020. The summed E-state index contributed by atoms with van der Waals surface area (Å²) >= 11 is 0.